The minimum Gasteiger partial charge on any atom is -0.497 e. The van der Waals surface area contributed by atoms with E-state index in [1.54, 1.807) is 12.0 Å². The molecule has 1 saturated heterocycles. The van der Waals surface area contributed by atoms with Crippen molar-refractivity contribution in [1.29, 1.82) is 0 Å². The number of carbonyl (C=O) groups is 2. The third kappa shape index (κ3) is 6.15. The SMILES string of the molecule is CCOc1ccc(CCNC(=O)[C@H]2CC(=O)N(Cc3ccc(OC)cc3)C2)cc1OCC. The van der Waals surface area contributed by atoms with Gasteiger partial charge in [0.15, 0.2) is 11.5 Å². The molecule has 1 fully saturated rings. The highest BCUT2D eigenvalue weighted by molar-refractivity contribution is 5.89. The normalized spacial score (nSPS) is 15.5. The second-order valence-electron chi connectivity index (χ2n) is 7.71. The summed E-state index contributed by atoms with van der Waals surface area (Å²) in [7, 11) is 1.62. The Morgan fingerprint density at radius 3 is 2.41 bits per heavy atom. The predicted octanol–water partition coefficient (Wildman–Crippen LogP) is 3.20. The van der Waals surface area contributed by atoms with Crippen molar-refractivity contribution >= 4 is 11.8 Å². The van der Waals surface area contributed by atoms with Crippen LogP contribution in [0.15, 0.2) is 42.5 Å². The van der Waals surface area contributed by atoms with Crippen LogP contribution in [0.1, 0.15) is 31.4 Å². The molecule has 0 spiro atoms. The maximum atomic E-state index is 12.6. The highest BCUT2D eigenvalue weighted by atomic mass is 16.5. The van der Waals surface area contributed by atoms with Crippen LogP contribution >= 0.6 is 0 Å². The predicted molar refractivity (Wildman–Crippen MR) is 122 cm³/mol. The molecular formula is C25H32N2O5. The van der Waals surface area contributed by atoms with E-state index in [0.29, 0.717) is 45.0 Å². The maximum absolute atomic E-state index is 12.6. The molecule has 3 rings (SSSR count). The van der Waals surface area contributed by atoms with E-state index in [9.17, 15) is 9.59 Å². The lowest BCUT2D eigenvalue weighted by atomic mass is 10.1. The Bertz CT molecular complexity index is 913. The molecule has 0 unspecified atom stereocenters. The van der Waals surface area contributed by atoms with Crippen LogP contribution in [0.2, 0.25) is 0 Å². The third-order valence-corrected chi connectivity index (χ3v) is 5.44. The first kappa shape index (κ1) is 23.4. The molecule has 172 valence electrons. The molecule has 0 aliphatic carbocycles. The van der Waals surface area contributed by atoms with Gasteiger partial charge in [0.2, 0.25) is 11.8 Å². The molecule has 0 radical (unpaired) electrons. The molecule has 1 aliphatic heterocycles. The van der Waals surface area contributed by atoms with Crippen molar-refractivity contribution < 1.29 is 23.8 Å². The Labute approximate surface area is 189 Å². The molecule has 0 aromatic heterocycles. The summed E-state index contributed by atoms with van der Waals surface area (Å²) in [5, 5.41) is 2.98. The second-order valence-corrected chi connectivity index (χ2v) is 7.71. The number of rotatable bonds is 11. The molecular weight excluding hydrogens is 408 g/mol. The fourth-order valence-electron chi connectivity index (χ4n) is 3.78. The number of nitrogens with zero attached hydrogens (tertiary/aromatic N) is 1. The van der Waals surface area contributed by atoms with Gasteiger partial charge in [0.1, 0.15) is 5.75 Å². The summed E-state index contributed by atoms with van der Waals surface area (Å²) in [6.07, 6.45) is 0.925. The molecule has 2 aromatic rings. The first-order valence-electron chi connectivity index (χ1n) is 11.1. The van der Waals surface area contributed by atoms with E-state index in [-0.39, 0.29) is 24.2 Å². The van der Waals surface area contributed by atoms with Gasteiger partial charge in [0.05, 0.1) is 26.2 Å². The van der Waals surface area contributed by atoms with E-state index < -0.39 is 0 Å². The molecule has 1 N–H and O–H groups in total. The lowest BCUT2D eigenvalue weighted by molar-refractivity contribution is -0.129. The molecule has 7 heteroatoms. The van der Waals surface area contributed by atoms with Crippen molar-refractivity contribution in [2.24, 2.45) is 5.92 Å². The highest BCUT2D eigenvalue weighted by Crippen LogP contribution is 2.28. The van der Waals surface area contributed by atoms with Crippen molar-refractivity contribution in [1.82, 2.24) is 10.2 Å². The Hall–Kier alpha value is -3.22. The summed E-state index contributed by atoms with van der Waals surface area (Å²) in [4.78, 5) is 26.8. The van der Waals surface area contributed by atoms with Gasteiger partial charge in [-0.2, -0.15) is 0 Å². The van der Waals surface area contributed by atoms with Crippen LogP contribution in [0.4, 0.5) is 0 Å². The Morgan fingerprint density at radius 1 is 1.03 bits per heavy atom. The molecule has 32 heavy (non-hydrogen) atoms. The zero-order valence-electron chi connectivity index (χ0n) is 19.1. The maximum Gasteiger partial charge on any atom is 0.225 e. The van der Waals surface area contributed by atoms with Crippen LogP contribution in [0.3, 0.4) is 0 Å². The number of benzene rings is 2. The Balaban J connectivity index is 1.48. The summed E-state index contributed by atoms with van der Waals surface area (Å²) < 4.78 is 16.4. The first-order chi connectivity index (χ1) is 15.5. The molecule has 1 aliphatic rings. The fraction of sp³-hybridized carbons (Fsp3) is 0.440. The summed E-state index contributed by atoms with van der Waals surface area (Å²) in [6.45, 7) is 6.44. The second kappa shape index (κ2) is 11.4. The molecule has 0 saturated carbocycles. The Kier molecular flexibility index (Phi) is 8.36. The standard InChI is InChI=1S/C25H32N2O5/c1-4-31-22-11-8-18(14-23(22)32-5-2)12-13-26-25(29)20-15-24(28)27(17-20)16-19-6-9-21(30-3)10-7-19/h6-11,14,20H,4-5,12-13,15-17H2,1-3H3,(H,26,29)/t20-/m0/s1. The quantitative estimate of drug-likeness (QED) is 0.581. The average molecular weight is 441 g/mol. The molecule has 1 heterocycles. The monoisotopic (exact) mass is 440 g/mol. The van der Waals surface area contributed by atoms with Crippen LogP contribution in [0, 0.1) is 5.92 Å². The van der Waals surface area contributed by atoms with E-state index in [1.165, 1.54) is 0 Å². The van der Waals surface area contributed by atoms with E-state index in [0.717, 1.165) is 22.6 Å². The van der Waals surface area contributed by atoms with Crippen LogP contribution in [0.5, 0.6) is 17.2 Å². The largest absolute Gasteiger partial charge is 0.497 e. The van der Waals surface area contributed by atoms with Crippen molar-refractivity contribution in [2.75, 3.05) is 33.4 Å². The van der Waals surface area contributed by atoms with Crippen LogP contribution < -0.4 is 19.5 Å². The Morgan fingerprint density at radius 2 is 1.72 bits per heavy atom. The number of methoxy groups -OCH3 is 1. The molecule has 2 amide bonds. The first-order valence-corrected chi connectivity index (χ1v) is 11.1. The average Bonchev–Trinajstić information content (AvgIpc) is 3.16. The lowest BCUT2D eigenvalue weighted by Crippen LogP contribution is -2.34. The summed E-state index contributed by atoms with van der Waals surface area (Å²) >= 11 is 0. The van der Waals surface area contributed by atoms with Crippen LogP contribution in [-0.2, 0) is 22.6 Å². The van der Waals surface area contributed by atoms with Crippen molar-refractivity contribution in [3.63, 3.8) is 0 Å². The minimum absolute atomic E-state index is 0.00818. The van der Waals surface area contributed by atoms with Gasteiger partial charge in [-0.05, 0) is 55.7 Å². The van der Waals surface area contributed by atoms with Crippen molar-refractivity contribution in [3.8, 4) is 17.2 Å². The lowest BCUT2D eigenvalue weighted by Gasteiger charge is -2.17. The molecule has 2 aromatic carbocycles. The molecule has 0 bridgehead atoms. The minimum atomic E-state index is -0.319. The number of likely N-dealkylation sites (tertiary alicyclic amines) is 1. The zero-order valence-corrected chi connectivity index (χ0v) is 19.1. The van der Waals surface area contributed by atoms with Gasteiger partial charge in [-0.3, -0.25) is 9.59 Å². The van der Waals surface area contributed by atoms with Crippen LogP contribution in [-0.4, -0.2) is 50.1 Å². The number of hydrogen-bond donors (Lipinski definition) is 1. The molecule has 7 nitrogen and oxygen atoms in total. The van der Waals surface area contributed by atoms with Gasteiger partial charge < -0.3 is 24.4 Å². The van der Waals surface area contributed by atoms with Gasteiger partial charge in [-0.1, -0.05) is 18.2 Å². The van der Waals surface area contributed by atoms with Crippen molar-refractivity contribution in [3.05, 3.63) is 53.6 Å². The number of ether oxygens (including phenoxy) is 3. The number of nitrogens with one attached hydrogen (secondary N) is 1. The van der Waals surface area contributed by atoms with Gasteiger partial charge in [-0.15, -0.1) is 0 Å². The van der Waals surface area contributed by atoms with Gasteiger partial charge in [0.25, 0.3) is 0 Å². The smallest absolute Gasteiger partial charge is 0.225 e. The number of hydrogen-bond acceptors (Lipinski definition) is 5. The highest BCUT2D eigenvalue weighted by Gasteiger charge is 2.34. The zero-order chi connectivity index (χ0) is 22.9. The van der Waals surface area contributed by atoms with Gasteiger partial charge in [-0.25, -0.2) is 0 Å². The summed E-state index contributed by atoms with van der Waals surface area (Å²) in [6, 6.07) is 13.5. The topological polar surface area (TPSA) is 77.1 Å². The van der Waals surface area contributed by atoms with Gasteiger partial charge >= 0.3 is 0 Å². The third-order valence-electron chi connectivity index (χ3n) is 5.44. The van der Waals surface area contributed by atoms with Crippen LogP contribution in [0.25, 0.3) is 0 Å². The fourth-order valence-corrected chi connectivity index (χ4v) is 3.78. The number of amides is 2. The van der Waals surface area contributed by atoms with E-state index in [1.807, 2.05) is 56.3 Å². The van der Waals surface area contributed by atoms with Gasteiger partial charge in [0, 0.05) is 26.1 Å². The van der Waals surface area contributed by atoms with Crippen molar-refractivity contribution in [2.45, 2.75) is 33.2 Å². The number of carbonyl (C=O) groups excluding carboxylic acids is 2. The van der Waals surface area contributed by atoms with E-state index in [4.69, 9.17) is 14.2 Å². The van der Waals surface area contributed by atoms with E-state index >= 15 is 0 Å². The van der Waals surface area contributed by atoms with E-state index in [2.05, 4.69) is 5.32 Å². The summed E-state index contributed by atoms with van der Waals surface area (Å²) in [5.41, 5.74) is 2.07. The summed E-state index contributed by atoms with van der Waals surface area (Å²) in [5.74, 6) is 1.83. The molecule has 1 atom stereocenters.